The molecule has 1 N–H and O–H groups in total. The number of fused-ring (bicyclic) bond motifs is 2. The van der Waals surface area contributed by atoms with Gasteiger partial charge in [0.2, 0.25) is 0 Å². The predicted molar refractivity (Wildman–Crippen MR) is 120 cm³/mol. The third-order valence-corrected chi connectivity index (χ3v) is 5.68. The lowest BCUT2D eigenvalue weighted by atomic mass is 9.87. The van der Waals surface area contributed by atoms with Crippen LogP contribution in [0.25, 0.3) is 11.1 Å². The molecule has 0 atom stereocenters. The highest BCUT2D eigenvalue weighted by molar-refractivity contribution is 6.34. The van der Waals surface area contributed by atoms with Crippen LogP contribution in [0.15, 0.2) is 51.1 Å². The summed E-state index contributed by atoms with van der Waals surface area (Å²) < 4.78 is 0. The summed E-state index contributed by atoms with van der Waals surface area (Å²) >= 11 is 0. The summed E-state index contributed by atoms with van der Waals surface area (Å²) in [5.74, 6) is -0.546. The Kier molecular flexibility index (Phi) is 5.56. The summed E-state index contributed by atoms with van der Waals surface area (Å²) in [4.78, 5) is 38.3. The first-order chi connectivity index (χ1) is 14.8. The van der Waals surface area contributed by atoms with Crippen LogP contribution in [-0.2, 0) is 9.59 Å². The molecular weight excluding hydrogens is 392 g/mol. The SMILES string of the molecule is CN(C)CCC1=C2C(=O)C(c3ccc4c(c3O)=C(CCN(C)C)C(=O)N=4)=CC=C2N=C1. The Labute approximate surface area is 181 Å². The molecule has 0 spiro atoms. The van der Waals surface area contributed by atoms with Gasteiger partial charge < -0.3 is 14.9 Å². The van der Waals surface area contributed by atoms with E-state index in [0.717, 1.165) is 12.1 Å². The number of carbonyl (C=O) groups excluding carboxylic acids is 2. The van der Waals surface area contributed by atoms with Crippen molar-refractivity contribution in [3.05, 3.63) is 57.3 Å². The number of aliphatic imine (C=N–C) groups is 1. The molecular formula is C24H26N4O3. The van der Waals surface area contributed by atoms with Crippen molar-refractivity contribution in [2.75, 3.05) is 41.3 Å². The van der Waals surface area contributed by atoms with E-state index < -0.39 is 0 Å². The normalized spacial score (nSPS) is 17.4. The van der Waals surface area contributed by atoms with Gasteiger partial charge in [0.25, 0.3) is 5.91 Å². The largest absolute Gasteiger partial charge is 0.507 e. The van der Waals surface area contributed by atoms with E-state index in [0.29, 0.717) is 57.9 Å². The summed E-state index contributed by atoms with van der Waals surface area (Å²) in [6, 6.07) is 3.36. The minimum absolute atomic E-state index is 0.0633. The van der Waals surface area contributed by atoms with E-state index in [4.69, 9.17) is 0 Å². The van der Waals surface area contributed by atoms with Crippen LogP contribution in [0.2, 0.25) is 0 Å². The predicted octanol–water partition coefficient (Wildman–Crippen LogP) is 0.837. The average Bonchev–Trinajstić information content (AvgIpc) is 3.27. The summed E-state index contributed by atoms with van der Waals surface area (Å²) in [6.45, 7) is 1.47. The van der Waals surface area contributed by atoms with Gasteiger partial charge >= 0.3 is 0 Å². The molecule has 0 aromatic heterocycles. The molecule has 0 bridgehead atoms. The molecule has 2 aliphatic heterocycles. The van der Waals surface area contributed by atoms with E-state index in [1.54, 1.807) is 24.4 Å². The number of phenolic OH excluding ortho intramolecular Hbond substituents is 1. The first-order valence-corrected chi connectivity index (χ1v) is 10.3. The van der Waals surface area contributed by atoms with Crippen LogP contribution in [0.3, 0.4) is 0 Å². The quantitative estimate of drug-likeness (QED) is 0.709. The fourth-order valence-electron chi connectivity index (χ4n) is 3.99. The third kappa shape index (κ3) is 3.82. The molecule has 0 radical (unpaired) electrons. The zero-order valence-corrected chi connectivity index (χ0v) is 18.3. The highest BCUT2D eigenvalue weighted by Gasteiger charge is 2.31. The molecule has 0 unspecified atom stereocenters. The van der Waals surface area contributed by atoms with E-state index in [1.165, 1.54) is 0 Å². The lowest BCUT2D eigenvalue weighted by Crippen LogP contribution is -2.26. The topological polar surface area (TPSA) is 85.6 Å². The van der Waals surface area contributed by atoms with Crippen LogP contribution in [-0.4, -0.2) is 74.1 Å². The van der Waals surface area contributed by atoms with Gasteiger partial charge in [-0.3, -0.25) is 14.6 Å². The second-order valence-corrected chi connectivity index (χ2v) is 8.48. The Morgan fingerprint density at radius 2 is 1.68 bits per heavy atom. The molecule has 2 heterocycles. The van der Waals surface area contributed by atoms with Gasteiger partial charge in [0, 0.05) is 36.0 Å². The average molecular weight is 418 g/mol. The molecule has 31 heavy (non-hydrogen) atoms. The number of aromatic hydroxyl groups is 1. The molecule has 7 heteroatoms. The fraction of sp³-hybridized carbons (Fsp3) is 0.333. The second kappa shape index (κ2) is 8.17. The standard InChI is InChI=1S/C24H26N4O3/c1-27(2)11-9-14-13-25-18-7-5-15(22(29)20(14)18)16-6-8-19-21(23(16)30)17(24(31)26-19)10-12-28(3)4/h5-8,13,30H,9-12H2,1-4H3. The van der Waals surface area contributed by atoms with E-state index in [-0.39, 0.29) is 17.4 Å². The van der Waals surface area contributed by atoms with Crippen molar-refractivity contribution in [3.63, 3.8) is 0 Å². The van der Waals surface area contributed by atoms with Crippen LogP contribution in [0.4, 0.5) is 0 Å². The number of allylic oxidation sites excluding steroid dienone is 4. The molecule has 1 aliphatic carbocycles. The Morgan fingerprint density at radius 1 is 0.968 bits per heavy atom. The Balaban J connectivity index is 1.78. The summed E-state index contributed by atoms with van der Waals surface area (Å²) in [6.07, 6.45) is 6.46. The van der Waals surface area contributed by atoms with Crippen LogP contribution in [0.1, 0.15) is 18.4 Å². The second-order valence-electron chi connectivity index (χ2n) is 8.48. The van der Waals surface area contributed by atoms with E-state index >= 15 is 0 Å². The minimum atomic E-state index is -0.326. The minimum Gasteiger partial charge on any atom is -0.507 e. The Morgan fingerprint density at radius 3 is 2.39 bits per heavy atom. The van der Waals surface area contributed by atoms with E-state index in [9.17, 15) is 14.7 Å². The van der Waals surface area contributed by atoms with E-state index in [2.05, 4.69) is 14.9 Å². The van der Waals surface area contributed by atoms with Crippen LogP contribution >= 0.6 is 0 Å². The highest BCUT2D eigenvalue weighted by atomic mass is 16.3. The molecule has 7 nitrogen and oxygen atoms in total. The number of Topliss-reactive ketones (excluding diaryl/α,β-unsaturated/α-hetero) is 1. The number of ketones is 1. The van der Waals surface area contributed by atoms with Gasteiger partial charge in [0.05, 0.1) is 21.8 Å². The first-order valence-electron chi connectivity index (χ1n) is 10.3. The highest BCUT2D eigenvalue weighted by Crippen LogP contribution is 2.35. The Bertz CT molecular complexity index is 1230. The fourth-order valence-corrected chi connectivity index (χ4v) is 3.99. The molecule has 0 saturated carbocycles. The van der Waals surface area contributed by atoms with Crippen molar-refractivity contribution >= 4 is 29.1 Å². The molecule has 0 fully saturated rings. The number of amides is 1. The molecule has 1 amide bonds. The maximum Gasteiger partial charge on any atom is 0.274 e. The van der Waals surface area contributed by atoms with Crippen molar-refractivity contribution in [2.45, 2.75) is 12.8 Å². The van der Waals surface area contributed by atoms with Gasteiger partial charge in [-0.2, -0.15) is 0 Å². The van der Waals surface area contributed by atoms with Crippen molar-refractivity contribution in [1.29, 1.82) is 0 Å². The maximum atomic E-state index is 13.4. The third-order valence-electron chi connectivity index (χ3n) is 5.68. The number of phenols is 1. The first kappa shape index (κ1) is 21.1. The molecule has 1 aromatic rings. The van der Waals surface area contributed by atoms with Crippen LogP contribution < -0.4 is 10.6 Å². The van der Waals surface area contributed by atoms with Gasteiger partial charge in [-0.1, -0.05) is 0 Å². The zero-order chi connectivity index (χ0) is 22.3. The molecule has 0 saturated heterocycles. The van der Waals surface area contributed by atoms with Gasteiger partial charge in [-0.25, -0.2) is 4.99 Å². The van der Waals surface area contributed by atoms with Gasteiger partial charge in [0.1, 0.15) is 5.75 Å². The number of rotatable bonds is 7. The van der Waals surface area contributed by atoms with Crippen LogP contribution in [0.5, 0.6) is 5.75 Å². The molecule has 3 aliphatic rings. The van der Waals surface area contributed by atoms with Crippen molar-refractivity contribution in [3.8, 4) is 5.75 Å². The lowest BCUT2D eigenvalue weighted by molar-refractivity contribution is -0.113. The van der Waals surface area contributed by atoms with Gasteiger partial charge in [0.15, 0.2) is 5.78 Å². The number of hydrogen-bond donors (Lipinski definition) is 1. The molecule has 4 rings (SSSR count). The summed E-state index contributed by atoms with van der Waals surface area (Å²) in [5.41, 5.74) is 3.46. The van der Waals surface area contributed by atoms with Crippen LogP contribution in [0, 0.1) is 0 Å². The summed E-state index contributed by atoms with van der Waals surface area (Å²) in [5, 5.41) is 12.0. The number of hydrogen-bond acceptors (Lipinski definition) is 6. The van der Waals surface area contributed by atoms with Crippen molar-refractivity contribution in [2.24, 2.45) is 9.98 Å². The zero-order valence-electron chi connectivity index (χ0n) is 18.3. The summed E-state index contributed by atoms with van der Waals surface area (Å²) in [7, 11) is 7.83. The van der Waals surface area contributed by atoms with Crippen molar-refractivity contribution in [1.82, 2.24) is 9.80 Å². The smallest absolute Gasteiger partial charge is 0.274 e. The molecule has 1 aromatic carbocycles. The molecule has 160 valence electrons. The lowest BCUT2D eigenvalue weighted by Gasteiger charge is -2.16. The number of carbonyl (C=O) groups is 2. The number of nitrogens with zero attached hydrogens (tertiary/aromatic N) is 4. The van der Waals surface area contributed by atoms with E-state index in [1.807, 2.05) is 39.2 Å². The maximum absolute atomic E-state index is 13.4. The van der Waals surface area contributed by atoms with Gasteiger partial charge in [-0.15, -0.1) is 0 Å². The Hall–Kier alpha value is -3.16. The van der Waals surface area contributed by atoms with Crippen molar-refractivity contribution < 1.29 is 14.7 Å². The van der Waals surface area contributed by atoms with Gasteiger partial charge in [-0.05, 0) is 70.9 Å². The monoisotopic (exact) mass is 418 g/mol. The number of benzene rings is 1.